The first-order valence-electron chi connectivity index (χ1n) is 7.45. The number of hydrogen-bond acceptors (Lipinski definition) is 0. The molecule has 16 heavy (non-hydrogen) atoms. The zero-order chi connectivity index (χ0) is 12.1. The van der Waals surface area contributed by atoms with Gasteiger partial charge in [0.15, 0.2) is 0 Å². The second-order valence-corrected chi connectivity index (χ2v) is 6.30. The van der Waals surface area contributed by atoms with Crippen LogP contribution in [-0.2, 0) is 0 Å². The highest BCUT2D eigenvalue weighted by Gasteiger charge is 2.02. The molecule has 0 aromatic heterocycles. The molecule has 0 aromatic rings. The first kappa shape index (κ1) is 16.5. The molecule has 1 atom stereocenters. The zero-order valence-corrected chi connectivity index (χ0v) is 13.0. The van der Waals surface area contributed by atoms with Crippen LogP contribution in [0.2, 0.25) is 0 Å². The normalized spacial score (nSPS) is 12.9. The van der Waals surface area contributed by atoms with E-state index in [0.29, 0.717) is 0 Å². The van der Waals surface area contributed by atoms with E-state index in [-0.39, 0.29) is 0 Å². The molecule has 0 fully saturated rings. The van der Waals surface area contributed by atoms with Gasteiger partial charge < -0.3 is 0 Å². The van der Waals surface area contributed by atoms with E-state index < -0.39 is 0 Å². The molecule has 0 nitrogen and oxygen atoms in total. The molecule has 0 saturated heterocycles. The summed E-state index contributed by atoms with van der Waals surface area (Å²) >= 11 is 3.78. The Bertz CT molecular complexity index is 123. The molecular formula is C15H31Br. The van der Waals surface area contributed by atoms with Crippen LogP contribution in [0.3, 0.4) is 0 Å². The van der Waals surface area contributed by atoms with E-state index >= 15 is 0 Å². The monoisotopic (exact) mass is 290 g/mol. The molecule has 0 radical (unpaired) electrons. The molecule has 0 bridgehead atoms. The fraction of sp³-hybridized carbons (Fsp3) is 1.00. The third-order valence-corrected chi connectivity index (χ3v) is 4.16. The summed E-state index contributed by atoms with van der Waals surface area (Å²) in [5, 5.41) is 0. The predicted octanol–water partition coefficient (Wildman–Crippen LogP) is 6.47. The lowest BCUT2D eigenvalue weighted by Gasteiger charge is -2.08. The molecule has 0 spiro atoms. The minimum atomic E-state index is 0.785. The molecule has 1 heteroatoms. The largest absolute Gasteiger partial charge is 0.0891 e. The first-order chi connectivity index (χ1) is 7.81. The Morgan fingerprint density at radius 3 is 1.62 bits per heavy atom. The highest BCUT2D eigenvalue weighted by Crippen LogP contribution is 2.18. The number of halogens is 1. The molecule has 0 saturated carbocycles. The van der Waals surface area contributed by atoms with E-state index in [1.165, 1.54) is 77.0 Å². The Balaban J connectivity index is 3.02. The van der Waals surface area contributed by atoms with Gasteiger partial charge in [-0.3, -0.25) is 0 Å². The smallest absolute Gasteiger partial charge is 0.0145 e. The molecule has 0 aliphatic rings. The Morgan fingerprint density at radius 1 is 0.625 bits per heavy atom. The topological polar surface area (TPSA) is 0 Å². The van der Waals surface area contributed by atoms with E-state index in [0.717, 1.165) is 4.83 Å². The van der Waals surface area contributed by atoms with Crippen LogP contribution < -0.4 is 0 Å². The van der Waals surface area contributed by atoms with Crippen LogP contribution in [0, 0.1) is 0 Å². The summed E-state index contributed by atoms with van der Waals surface area (Å²) in [6, 6.07) is 0. The van der Waals surface area contributed by atoms with Gasteiger partial charge in [-0.15, -0.1) is 0 Å². The molecule has 0 N–H and O–H groups in total. The van der Waals surface area contributed by atoms with Gasteiger partial charge in [-0.25, -0.2) is 0 Å². The van der Waals surface area contributed by atoms with Gasteiger partial charge >= 0.3 is 0 Å². The third-order valence-electron chi connectivity index (χ3n) is 3.24. The fourth-order valence-corrected chi connectivity index (χ4v) is 2.72. The van der Waals surface area contributed by atoms with Crippen molar-refractivity contribution < 1.29 is 0 Å². The van der Waals surface area contributed by atoms with Crippen LogP contribution >= 0.6 is 15.9 Å². The molecule has 0 rings (SSSR count). The van der Waals surface area contributed by atoms with Gasteiger partial charge in [0.05, 0.1) is 0 Å². The Morgan fingerprint density at radius 2 is 1.06 bits per heavy atom. The van der Waals surface area contributed by atoms with Crippen LogP contribution in [-0.4, -0.2) is 4.83 Å². The standard InChI is InChI=1S/C15H31Br/c1-3-5-7-8-9-10-11-12-14-15(16)13-6-4-2/h15H,3-14H2,1-2H3. The Labute approximate surface area is 112 Å². The van der Waals surface area contributed by atoms with Crippen molar-refractivity contribution in [2.24, 2.45) is 0 Å². The van der Waals surface area contributed by atoms with Crippen molar-refractivity contribution in [3.8, 4) is 0 Å². The first-order valence-corrected chi connectivity index (χ1v) is 8.36. The maximum atomic E-state index is 3.78. The lowest BCUT2D eigenvalue weighted by atomic mass is 10.0. The molecule has 1 unspecified atom stereocenters. The molecular weight excluding hydrogens is 260 g/mol. The van der Waals surface area contributed by atoms with Crippen LogP contribution in [0.5, 0.6) is 0 Å². The van der Waals surface area contributed by atoms with E-state index in [1.54, 1.807) is 0 Å². The third kappa shape index (κ3) is 12.5. The van der Waals surface area contributed by atoms with E-state index in [4.69, 9.17) is 0 Å². The van der Waals surface area contributed by atoms with Gasteiger partial charge in [0, 0.05) is 4.83 Å². The van der Waals surface area contributed by atoms with Crippen molar-refractivity contribution in [1.82, 2.24) is 0 Å². The quantitative estimate of drug-likeness (QED) is 0.285. The van der Waals surface area contributed by atoms with E-state index in [2.05, 4.69) is 29.8 Å². The minimum absolute atomic E-state index is 0.785. The van der Waals surface area contributed by atoms with Crippen molar-refractivity contribution in [2.75, 3.05) is 0 Å². The van der Waals surface area contributed by atoms with Crippen molar-refractivity contribution in [3.05, 3.63) is 0 Å². The van der Waals surface area contributed by atoms with Gasteiger partial charge in [-0.05, 0) is 12.8 Å². The molecule has 0 aliphatic heterocycles. The summed E-state index contributed by atoms with van der Waals surface area (Å²) in [6.07, 6.45) is 17.0. The number of hydrogen-bond donors (Lipinski definition) is 0. The molecule has 0 aromatic carbocycles. The fourth-order valence-electron chi connectivity index (χ4n) is 2.07. The SMILES string of the molecule is CCCCCCCCCCC(Br)CCCC. The van der Waals surface area contributed by atoms with Crippen molar-refractivity contribution in [3.63, 3.8) is 0 Å². The van der Waals surface area contributed by atoms with Gasteiger partial charge in [0.25, 0.3) is 0 Å². The van der Waals surface area contributed by atoms with E-state index in [9.17, 15) is 0 Å². The van der Waals surface area contributed by atoms with Crippen LogP contribution in [0.4, 0.5) is 0 Å². The predicted molar refractivity (Wildman–Crippen MR) is 79.5 cm³/mol. The average Bonchev–Trinajstić information content (AvgIpc) is 2.30. The average molecular weight is 291 g/mol. The lowest BCUT2D eigenvalue weighted by molar-refractivity contribution is 0.550. The van der Waals surface area contributed by atoms with Crippen LogP contribution in [0.1, 0.15) is 90.9 Å². The lowest BCUT2D eigenvalue weighted by Crippen LogP contribution is -1.97. The van der Waals surface area contributed by atoms with Gasteiger partial charge in [0.1, 0.15) is 0 Å². The molecule has 98 valence electrons. The summed E-state index contributed by atoms with van der Waals surface area (Å²) in [5.74, 6) is 0. The highest BCUT2D eigenvalue weighted by molar-refractivity contribution is 9.09. The van der Waals surface area contributed by atoms with Crippen LogP contribution in [0.15, 0.2) is 0 Å². The minimum Gasteiger partial charge on any atom is -0.0891 e. The van der Waals surface area contributed by atoms with Gasteiger partial charge in [0.2, 0.25) is 0 Å². The molecule has 0 heterocycles. The number of unbranched alkanes of at least 4 members (excludes halogenated alkanes) is 8. The zero-order valence-electron chi connectivity index (χ0n) is 11.4. The van der Waals surface area contributed by atoms with Crippen molar-refractivity contribution >= 4 is 15.9 Å². The Hall–Kier alpha value is 0.480. The second kappa shape index (κ2) is 13.5. The Kier molecular flexibility index (Phi) is 14.0. The van der Waals surface area contributed by atoms with Crippen LogP contribution in [0.25, 0.3) is 0 Å². The summed E-state index contributed by atoms with van der Waals surface area (Å²) in [6.45, 7) is 4.56. The summed E-state index contributed by atoms with van der Waals surface area (Å²) in [5.41, 5.74) is 0. The molecule has 0 aliphatic carbocycles. The molecule has 0 amide bonds. The summed E-state index contributed by atoms with van der Waals surface area (Å²) in [7, 11) is 0. The maximum Gasteiger partial charge on any atom is 0.0145 e. The highest BCUT2D eigenvalue weighted by atomic mass is 79.9. The second-order valence-electron chi connectivity index (χ2n) is 5.00. The number of alkyl halides is 1. The van der Waals surface area contributed by atoms with Crippen molar-refractivity contribution in [2.45, 2.75) is 95.7 Å². The van der Waals surface area contributed by atoms with Crippen molar-refractivity contribution in [1.29, 1.82) is 0 Å². The van der Waals surface area contributed by atoms with Gasteiger partial charge in [-0.1, -0.05) is 94.0 Å². The van der Waals surface area contributed by atoms with E-state index in [1.807, 2.05) is 0 Å². The maximum absolute atomic E-state index is 3.78. The summed E-state index contributed by atoms with van der Waals surface area (Å²) < 4.78 is 0. The number of rotatable bonds is 12. The van der Waals surface area contributed by atoms with Gasteiger partial charge in [-0.2, -0.15) is 0 Å². The summed E-state index contributed by atoms with van der Waals surface area (Å²) in [4.78, 5) is 0.785.